The van der Waals surface area contributed by atoms with Crippen LogP contribution in [0, 0.1) is 6.92 Å². The molecule has 7 nitrogen and oxygen atoms in total. The number of likely N-dealkylation sites (tertiary alicyclic amines) is 1. The van der Waals surface area contributed by atoms with Gasteiger partial charge in [-0.05, 0) is 19.8 Å². The molecular formula is C18H23N3O4. The summed E-state index contributed by atoms with van der Waals surface area (Å²) in [5.41, 5.74) is 2.53. The lowest BCUT2D eigenvalue weighted by molar-refractivity contribution is 0.193. The fraction of sp³-hybridized carbons (Fsp3) is 0.444. The molecule has 1 aromatic carbocycles. The van der Waals surface area contributed by atoms with Crippen LogP contribution in [0.4, 0.5) is 10.5 Å². The maximum atomic E-state index is 12.6. The summed E-state index contributed by atoms with van der Waals surface area (Å²) in [5, 5.41) is 6.98. The van der Waals surface area contributed by atoms with Crippen molar-refractivity contribution in [1.29, 1.82) is 0 Å². The molecule has 0 spiro atoms. The van der Waals surface area contributed by atoms with Crippen molar-refractivity contribution >= 4 is 11.7 Å². The maximum absolute atomic E-state index is 12.6. The molecule has 0 atom stereocenters. The average molecular weight is 345 g/mol. The van der Waals surface area contributed by atoms with E-state index in [1.54, 1.807) is 32.6 Å². The SMILES string of the molecule is COc1cc(NC(=O)N2CCC(c3ccon3)CC2)c(C)c(OC)c1. The van der Waals surface area contributed by atoms with Gasteiger partial charge in [0.25, 0.3) is 0 Å². The van der Waals surface area contributed by atoms with Crippen molar-refractivity contribution < 1.29 is 18.8 Å². The molecule has 1 aliphatic heterocycles. The topological polar surface area (TPSA) is 76.8 Å². The number of nitrogens with zero attached hydrogens (tertiary/aromatic N) is 2. The number of rotatable bonds is 4. The van der Waals surface area contributed by atoms with Gasteiger partial charge in [-0.2, -0.15) is 0 Å². The van der Waals surface area contributed by atoms with Crippen LogP contribution in [0.5, 0.6) is 11.5 Å². The lowest BCUT2D eigenvalue weighted by Crippen LogP contribution is -2.40. The summed E-state index contributed by atoms with van der Waals surface area (Å²) < 4.78 is 15.5. The fourth-order valence-corrected chi connectivity index (χ4v) is 3.13. The van der Waals surface area contributed by atoms with Gasteiger partial charge in [0, 0.05) is 42.8 Å². The van der Waals surface area contributed by atoms with Crippen LogP contribution < -0.4 is 14.8 Å². The van der Waals surface area contributed by atoms with E-state index < -0.39 is 0 Å². The van der Waals surface area contributed by atoms with E-state index in [-0.39, 0.29) is 6.03 Å². The quantitative estimate of drug-likeness (QED) is 0.919. The van der Waals surface area contributed by atoms with Crippen LogP contribution in [0.15, 0.2) is 29.0 Å². The molecule has 2 heterocycles. The second-order valence-corrected chi connectivity index (χ2v) is 6.12. The molecule has 2 aromatic rings. The van der Waals surface area contributed by atoms with Crippen LogP contribution in [0.2, 0.25) is 0 Å². The summed E-state index contributed by atoms with van der Waals surface area (Å²) in [6.07, 6.45) is 3.34. The zero-order valence-electron chi connectivity index (χ0n) is 14.7. The highest BCUT2D eigenvalue weighted by atomic mass is 16.5. The Bertz CT molecular complexity index is 722. The third-order valence-corrected chi connectivity index (χ3v) is 4.69. The molecule has 7 heteroatoms. The Kier molecular flexibility index (Phi) is 5.11. The van der Waals surface area contributed by atoms with Crippen molar-refractivity contribution in [3.63, 3.8) is 0 Å². The van der Waals surface area contributed by atoms with Crippen LogP contribution in [-0.2, 0) is 0 Å². The zero-order valence-corrected chi connectivity index (χ0v) is 14.7. The van der Waals surface area contributed by atoms with Crippen LogP contribution in [0.1, 0.15) is 30.0 Å². The van der Waals surface area contributed by atoms with Crippen LogP contribution in [0.25, 0.3) is 0 Å². The minimum atomic E-state index is -0.114. The largest absolute Gasteiger partial charge is 0.497 e. The van der Waals surface area contributed by atoms with Gasteiger partial charge in [0.2, 0.25) is 0 Å². The van der Waals surface area contributed by atoms with E-state index >= 15 is 0 Å². The van der Waals surface area contributed by atoms with E-state index in [1.807, 2.05) is 17.9 Å². The predicted octanol–water partition coefficient (Wildman–Crippen LogP) is 3.41. The van der Waals surface area contributed by atoms with Crippen LogP contribution >= 0.6 is 0 Å². The van der Waals surface area contributed by atoms with Crippen LogP contribution in [0.3, 0.4) is 0 Å². The molecule has 2 amide bonds. The Hall–Kier alpha value is -2.70. The van der Waals surface area contributed by atoms with E-state index in [0.717, 1.165) is 24.1 Å². The lowest BCUT2D eigenvalue weighted by atomic mass is 9.94. The first kappa shape index (κ1) is 17.1. The minimum Gasteiger partial charge on any atom is -0.497 e. The number of benzene rings is 1. The molecule has 3 rings (SSSR count). The Morgan fingerprint density at radius 1 is 1.28 bits per heavy atom. The number of piperidine rings is 1. The maximum Gasteiger partial charge on any atom is 0.321 e. The van der Waals surface area contributed by atoms with E-state index in [9.17, 15) is 4.79 Å². The van der Waals surface area contributed by atoms with Crippen molar-refractivity contribution in [1.82, 2.24) is 10.1 Å². The summed E-state index contributed by atoms with van der Waals surface area (Å²) in [4.78, 5) is 14.4. The standard InChI is InChI=1S/C18H23N3O4/c1-12-16(10-14(23-2)11-17(12)24-3)19-18(22)21-7-4-13(5-8-21)15-6-9-25-20-15/h6,9-11,13H,4-5,7-8H2,1-3H3,(H,19,22). The van der Waals surface area contributed by atoms with Gasteiger partial charge in [0.15, 0.2) is 0 Å². The molecule has 0 bridgehead atoms. The van der Waals surface area contributed by atoms with Gasteiger partial charge in [0.05, 0.1) is 25.6 Å². The van der Waals surface area contributed by atoms with Crippen LogP contribution in [-0.4, -0.2) is 43.4 Å². The number of aromatic nitrogens is 1. The Morgan fingerprint density at radius 2 is 2.04 bits per heavy atom. The Balaban J connectivity index is 1.65. The van der Waals surface area contributed by atoms with E-state index in [1.165, 1.54) is 0 Å². The van der Waals surface area contributed by atoms with Crippen molar-refractivity contribution in [3.8, 4) is 11.5 Å². The fourth-order valence-electron chi connectivity index (χ4n) is 3.13. The van der Waals surface area contributed by atoms with Gasteiger partial charge in [-0.15, -0.1) is 0 Å². The highest BCUT2D eigenvalue weighted by Gasteiger charge is 2.25. The summed E-state index contributed by atoms with van der Waals surface area (Å²) in [7, 11) is 3.19. The molecule has 0 unspecified atom stereocenters. The number of hydrogen-bond donors (Lipinski definition) is 1. The van der Waals surface area contributed by atoms with E-state index in [2.05, 4.69) is 10.5 Å². The number of hydrogen-bond acceptors (Lipinski definition) is 5. The minimum absolute atomic E-state index is 0.114. The summed E-state index contributed by atoms with van der Waals surface area (Å²) in [5.74, 6) is 1.67. The van der Waals surface area contributed by atoms with Crippen molar-refractivity contribution in [2.45, 2.75) is 25.7 Å². The van der Waals surface area contributed by atoms with Crippen molar-refractivity contribution in [3.05, 3.63) is 35.7 Å². The molecule has 1 aromatic heterocycles. The average Bonchev–Trinajstić information content (AvgIpc) is 3.18. The molecular weight excluding hydrogens is 322 g/mol. The molecule has 0 aliphatic carbocycles. The van der Waals surface area contributed by atoms with Gasteiger partial charge in [-0.1, -0.05) is 5.16 Å². The molecule has 1 aliphatic rings. The van der Waals surface area contributed by atoms with Crippen molar-refractivity contribution in [2.75, 3.05) is 32.6 Å². The number of carbonyl (C=O) groups is 1. The summed E-state index contributed by atoms with van der Waals surface area (Å²) in [6, 6.07) is 5.38. The normalized spacial score (nSPS) is 15.1. The second kappa shape index (κ2) is 7.46. The second-order valence-electron chi connectivity index (χ2n) is 6.12. The Labute approximate surface area is 146 Å². The van der Waals surface area contributed by atoms with Gasteiger partial charge in [0.1, 0.15) is 17.8 Å². The van der Waals surface area contributed by atoms with Gasteiger partial charge < -0.3 is 24.2 Å². The van der Waals surface area contributed by atoms with E-state index in [0.29, 0.717) is 36.2 Å². The monoisotopic (exact) mass is 345 g/mol. The first-order valence-electron chi connectivity index (χ1n) is 8.31. The highest BCUT2D eigenvalue weighted by molar-refractivity contribution is 5.91. The number of urea groups is 1. The number of ether oxygens (including phenoxy) is 2. The summed E-state index contributed by atoms with van der Waals surface area (Å²) in [6.45, 7) is 3.28. The van der Waals surface area contributed by atoms with Gasteiger partial charge >= 0.3 is 6.03 Å². The molecule has 0 radical (unpaired) electrons. The number of anilines is 1. The molecule has 134 valence electrons. The smallest absolute Gasteiger partial charge is 0.321 e. The third-order valence-electron chi connectivity index (χ3n) is 4.69. The van der Waals surface area contributed by atoms with E-state index in [4.69, 9.17) is 14.0 Å². The number of amides is 2. The molecule has 1 fully saturated rings. The number of methoxy groups -OCH3 is 2. The zero-order chi connectivity index (χ0) is 17.8. The first-order valence-corrected chi connectivity index (χ1v) is 8.31. The first-order chi connectivity index (χ1) is 12.1. The Morgan fingerprint density at radius 3 is 2.64 bits per heavy atom. The lowest BCUT2D eigenvalue weighted by Gasteiger charge is -2.31. The molecule has 25 heavy (non-hydrogen) atoms. The molecule has 1 saturated heterocycles. The molecule has 0 saturated carbocycles. The third kappa shape index (κ3) is 3.70. The predicted molar refractivity (Wildman–Crippen MR) is 93.4 cm³/mol. The van der Waals surface area contributed by atoms with Gasteiger partial charge in [-0.3, -0.25) is 0 Å². The number of carbonyl (C=O) groups excluding carboxylic acids is 1. The number of nitrogens with one attached hydrogen (secondary N) is 1. The van der Waals surface area contributed by atoms with Gasteiger partial charge in [-0.25, -0.2) is 4.79 Å². The summed E-state index contributed by atoms with van der Waals surface area (Å²) >= 11 is 0. The highest BCUT2D eigenvalue weighted by Crippen LogP contribution is 2.32. The van der Waals surface area contributed by atoms with Crippen molar-refractivity contribution in [2.24, 2.45) is 0 Å². The molecule has 1 N–H and O–H groups in total.